The fourth-order valence-corrected chi connectivity index (χ4v) is 3.12. The number of methoxy groups -OCH3 is 1. The Morgan fingerprint density at radius 3 is 2.67 bits per heavy atom. The number of aryl methyl sites for hydroxylation is 2. The van der Waals surface area contributed by atoms with E-state index >= 15 is 0 Å². The fraction of sp³-hybridized carbons (Fsp3) is 0.350. The van der Waals surface area contributed by atoms with Crippen LogP contribution < -0.4 is 14.8 Å². The zero-order chi connectivity index (χ0) is 22.1. The number of fused-ring (bicyclic) bond motifs is 1. The van der Waals surface area contributed by atoms with Gasteiger partial charge in [0.2, 0.25) is 5.88 Å². The molecule has 10 heteroatoms. The highest BCUT2D eigenvalue weighted by molar-refractivity contribution is 5.84. The van der Waals surface area contributed by atoms with E-state index in [1.165, 1.54) is 32.7 Å². The molecule has 160 valence electrons. The number of carbonyl (C=O) groups excluding carboxylic acids is 1. The lowest BCUT2D eigenvalue weighted by Crippen LogP contribution is -2.36. The number of ether oxygens (including phenoxy) is 2. The monoisotopic (exact) mass is 422 g/mol. The van der Waals surface area contributed by atoms with Gasteiger partial charge in [0.05, 0.1) is 23.8 Å². The lowest BCUT2D eigenvalue weighted by Gasteiger charge is -2.16. The Kier molecular flexibility index (Phi) is 5.86. The van der Waals surface area contributed by atoms with Crippen LogP contribution in [0.1, 0.15) is 23.7 Å². The number of hydrogen-bond acceptors (Lipinski definition) is 5. The zero-order valence-corrected chi connectivity index (χ0v) is 16.9. The highest BCUT2D eigenvalue weighted by atomic mass is 19.4. The first kappa shape index (κ1) is 21.4. The number of alkyl halides is 3. The van der Waals surface area contributed by atoms with Crippen molar-refractivity contribution in [3.63, 3.8) is 0 Å². The van der Waals surface area contributed by atoms with Gasteiger partial charge < -0.3 is 14.8 Å². The minimum atomic E-state index is -4.62. The van der Waals surface area contributed by atoms with Crippen molar-refractivity contribution in [2.24, 2.45) is 7.05 Å². The minimum Gasteiger partial charge on any atom is -0.496 e. The van der Waals surface area contributed by atoms with Crippen LogP contribution >= 0.6 is 0 Å². The van der Waals surface area contributed by atoms with Gasteiger partial charge in [-0.05, 0) is 19.9 Å². The van der Waals surface area contributed by atoms with Gasteiger partial charge in [0.1, 0.15) is 5.75 Å². The number of halogens is 3. The van der Waals surface area contributed by atoms with Crippen LogP contribution in [0.4, 0.5) is 13.2 Å². The quantitative estimate of drug-likeness (QED) is 0.659. The van der Waals surface area contributed by atoms with Crippen molar-refractivity contribution < 1.29 is 27.4 Å². The number of benzene rings is 1. The number of pyridine rings is 1. The van der Waals surface area contributed by atoms with Crippen LogP contribution in [0.15, 0.2) is 30.3 Å². The summed E-state index contributed by atoms with van der Waals surface area (Å²) in [7, 11) is 3.02. The molecule has 0 aliphatic carbocycles. The third-order valence-electron chi connectivity index (χ3n) is 4.56. The molecule has 1 N–H and O–H groups in total. The number of rotatable bonds is 6. The van der Waals surface area contributed by atoms with E-state index in [2.05, 4.69) is 15.4 Å². The third-order valence-corrected chi connectivity index (χ3v) is 4.56. The van der Waals surface area contributed by atoms with Gasteiger partial charge in [-0.15, -0.1) is 0 Å². The SMILES string of the molecule is COc1ccccc1CNC(=O)C(C)Oc1cc(C(F)(F)F)c2c(C)nn(C)c2n1. The van der Waals surface area contributed by atoms with E-state index in [0.29, 0.717) is 5.75 Å². The van der Waals surface area contributed by atoms with Crippen molar-refractivity contribution in [2.45, 2.75) is 32.7 Å². The van der Waals surface area contributed by atoms with Crippen molar-refractivity contribution in [1.29, 1.82) is 0 Å². The molecule has 3 aromatic rings. The summed E-state index contributed by atoms with van der Waals surface area (Å²) in [4.78, 5) is 16.5. The Balaban J connectivity index is 1.80. The van der Waals surface area contributed by atoms with Crippen LogP contribution in [0.2, 0.25) is 0 Å². The highest BCUT2D eigenvalue weighted by Crippen LogP contribution is 2.37. The number of nitrogens with one attached hydrogen (secondary N) is 1. The molecule has 1 aromatic carbocycles. The van der Waals surface area contributed by atoms with Crippen molar-refractivity contribution >= 4 is 16.9 Å². The van der Waals surface area contributed by atoms with Gasteiger partial charge in [-0.2, -0.15) is 23.3 Å². The van der Waals surface area contributed by atoms with Gasteiger partial charge in [0, 0.05) is 25.2 Å². The van der Waals surface area contributed by atoms with Crippen LogP contribution in [-0.2, 0) is 24.6 Å². The molecule has 7 nitrogen and oxygen atoms in total. The van der Waals surface area contributed by atoms with Crippen LogP contribution in [-0.4, -0.2) is 33.9 Å². The fourth-order valence-electron chi connectivity index (χ4n) is 3.12. The van der Waals surface area contributed by atoms with E-state index < -0.39 is 23.8 Å². The van der Waals surface area contributed by atoms with E-state index in [4.69, 9.17) is 9.47 Å². The van der Waals surface area contributed by atoms with E-state index in [1.54, 1.807) is 24.3 Å². The van der Waals surface area contributed by atoms with Crippen LogP contribution in [0.3, 0.4) is 0 Å². The summed E-state index contributed by atoms with van der Waals surface area (Å²) in [5, 5.41) is 6.59. The lowest BCUT2D eigenvalue weighted by atomic mass is 10.1. The van der Waals surface area contributed by atoms with E-state index in [1.807, 2.05) is 0 Å². The van der Waals surface area contributed by atoms with Crippen LogP contribution in [0, 0.1) is 6.92 Å². The third kappa shape index (κ3) is 4.32. The molecule has 30 heavy (non-hydrogen) atoms. The van der Waals surface area contributed by atoms with Crippen molar-refractivity contribution in [1.82, 2.24) is 20.1 Å². The lowest BCUT2D eigenvalue weighted by molar-refractivity contribution is -0.136. The summed E-state index contributed by atoms with van der Waals surface area (Å²) in [5.41, 5.74) is 0.0833. The Morgan fingerprint density at radius 1 is 1.30 bits per heavy atom. The maximum Gasteiger partial charge on any atom is 0.417 e. The second-order valence-electron chi connectivity index (χ2n) is 6.70. The molecule has 0 radical (unpaired) electrons. The molecule has 0 spiro atoms. The second kappa shape index (κ2) is 8.21. The maximum atomic E-state index is 13.6. The van der Waals surface area contributed by atoms with E-state index in [9.17, 15) is 18.0 Å². The standard InChI is InChI=1S/C20H21F3N4O3/c1-11-17-14(20(21,22)23)9-16(25-18(17)27(3)26-11)30-12(2)19(28)24-10-13-7-5-6-8-15(13)29-4/h5-9,12H,10H2,1-4H3,(H,24,28). The first-order chi connectivity index (χ1) is 14.1. The van der Waals surface area contributed by atoms with Gasteiger partial charge in [-0.3, -0.25) is 9.48 Å². The number of amides is 1. The van der Waals surface area contributed by atoms with Crippen molar-refractivity contribution in [3.8, 4) is 11.6 Å². The number of hydrogen-bond donors (Lipinski definition) is 1. The Morgan fingerprint density at radius 2 is 2.00 bits per heavy atom. The highest BCUT2D eigenvalue weighted by Gasteiger charge is 2.36. The van der Waals surface area contributed by atoms with Gasteiger partial charge in [-0.25, -0.2) is 0 Å². The molecular formula is C20H21F3N4O3. The molecule has 0 bridgehead atoms. The van der Waals surface area contributed by atoms with Gasteiger partial charge in [0.15, 0.2) is 11.8 Å². The molecule has 0 saturated heterocycles. The average molecular weight is 422 g/mol. The summed E-state index contributed by atoms with van der Waals surface area (Å²) >= 11 is 0. The average Bonchev–Trinajstić information content (AvgIpc) is 2.98. The number of para-hydroxylation sites is 1. The summed E-state index contributed by atoms with van der Waals surface area (Å²) in [6, 6.07) is 7.95. The smallest absolute Gasteiger partial charge is 0.417 e. The molecule has 0 saturated carbocycles. The van der Waals surface area contributed by atoms with Crippen molar-refractivity contribution in [2.75, 3.05) is 7.11 Å². The first-order valence-electron chi connectivity index (χ1n) is 9.09. The summed E-state index contributed by atoms with van der Waals surface area (Å²) < 4.78 is 52.6. The Bertz CT molecular complexity index is 1080. The normalized spacial score (nSPS) is 12.6. The molecule has 1 amide bonds. The molecule has 0 aliphatic heterocycles. The summed E-state index contributed by atoms with van der Waals surface area (Å²) in [6.45, 7) is 3.09. The maximum absolute atomic E-state index is 13.6. The minimum absolute atomic E-state index is 0.0268. The van der Waals surface area contributed by atoms with Crippen LogP contribution in [0.5, 0.6) is 11.6 Å². The molecule has 2 aromatic heterocycles. The topological polar surface area (TPSA) is 78.3 Å². The number of aromatic nitrogens is 3. The largest absolute Gasteiger partial charge is 0.496 e. The number of nitrogens with zero attached hydrogens (tertiary/aromatic N) is 3. The van der Waals surface area contributed by atoms with E-state index in [0.717, 1.165) is 11.6 Å². The first-order valence-corrected chi connectivity index (χ1v) is 9.09. The van der Waals surface area contributed by atoms with Gasteiger partial charge in [-0.1, -0.05) is 18.2 Å². The van der Waals surface area contributed by atoms with E-state index in [-0.39, 0.29) is 29.2 Å². The van der Waals surface area contributed by atoms with Gasteiger partial charge in [0.25, 0.3) is 5.91 Å². The molecule has 0 fully saturated rings. The summed E-state index contributed by atoms with van der Waals surface area (Å²) in [6.07, 6.45) is -5.69. The molecule has 2 heterocycles. The molecule has 1 unspecified atom stereocenters. The summed E-state index contributed by atoms with van der Waals surface area (Å²) in [5.74, 6) is -0.199. The molecule has 0 aliphatic rings. The van der Waals surface area contributed by atoms with Crippen LogP contribution in [0.25, 0.3) is 11.0 Å². The Hall–Kier alpha value is -3.30. The molecule has 1 atom stereocenters. The molecular weight excluding hydrogens is 401 g/mol. The van der Waals surface area contributed by atoms with Crippen molar-refractivity contribution in [3.05, 3.63) is 47.2 Å². The second-order valence-corrected chi connectivity index (χ2v) is 6.70. The predicted molar refractivity (Wildman–Crippen MR) is 103 cm³/mol. The predicted octanol–water partition coefficient (Wildman–Crippen LogP) is 3.39. The molecule has 3 rings (SSSR count). The number of carbonyl (C=O) groups is 1. The Labute approximate surface area is 170 Å². The zero-order valence-electron chi connectivity index (χ0n) is 16.9. The van der Waals surface area contributed by atoms with Gasteiger partial charge >= 0.3 is 6.18 Å².